The molecule has 32 heavy (non-hydrogen) atoms. The highest BCUT2D eigenvalue weighted by Gasteiger charge is 2.13. The summed E-state index contributed by atoms with van der Waals surface area (Å²) in [5.41, 5.74) is 3.76. The molecule has 0 fully saturated rings. The van der Waals surface area contributed by atoms with E-state index in [1.54, 1.807) is 25.5 Å². The van der Waals surface area contributed by atoms with Crippen LogP contribution in [0, 0.1) is 0 Å². The average molecular weight is 450 g/mol. The fourth-order valence-electron chi connectivity index (χ4n) is 3.49. The molecule has 0 aliphatic heterocycles. The van der Waals surface area contributed by atoms with Crippen molar-refractivity contribution in [2.24, 2.45) is 0 Å². The number of nitrogens with one attached hydrogen (secondary N) is 1. The summed E-state index contributed by atoms with van der Waals surface area (Å²) in [7, 11) is 1.65. The fourth-order valence-corrected chi connectivity index (χ4v) is 4.33. The van der Waals surface area contributed by atoms with E-state index >= 15 is 0 Å². The third kappa shape index (κ3) is 4.70. The number of hydrogen-bond donors (Lipinski definition) is 2. The molecule has 2 aromatic heterocycles. The second-order valence-corrected chi connectivity index (χ2v) is 8.34. The van der Waals surface area contributed by atoms with E-state index in [0.29, 0.717) is 17.9 Å². The van der Waals surface area contributed by atoms with Crippen molar-refractivity contribution in [3.63, 3.8) is 0 Å². The Morgan fingerprint density at radius 2 is 2.06 bits per heavy atom. The first kappa shape index (κ1) is 21.7. The maximum absolute atomic E-state index is 11.5. The molecule has 4 aromatic rings. The summed E-state index contributed by atoms with van der Waals surface area (Å²) in [5.74, 6) is 1.35. The number of carboxylic acids is 1. The number of fused-ring (bicyclic) bond motifs is 1. The number of carbonyl (C=O) groups is 1. The number of hydrogen-bond acceptors (Lipinski definition) is 7. The molecule has 0 aliphatic carbocycles. The molecule has 4 rings (SSSR count). The number of ether oxygens (including phenoxy) is 1. The lowest BCUT2D eigenvalue weighted by atomic mass is 10.1. The summed E-state index contributed by atoms with van der Waals surface area (Å²) < 4.78 is 10.9. The number of aromatic carboxylic acids is 1. The van der Waals surface area contributed by atoms with E-state index in [0.717, 1.165) is 50.6 Å². The van der Waals surface area contributed by atoms with E-state index in [-0.39, 0.29) is 0 Å². The van der Waals surface area contributed by atoms with Crippen molar-refractivity contribution in [1.82, 2.24) is 9.97 Å². The van der Waals surface area contributed by atoms with E-state index in [1.165, 1.54) is 18.1 Å². The number of carboxylic acid groups (broad SMARTS) is 1. The van der Waals surface area contributed by atoms with Gasteiger partial charge in [0.15, 0.2) is 0 Å². The summed E-state index contributed by atoms with van der Waals surface area (Å²) >= 11 is 1.50. The van der Waals surface area contributed by atoms with Crippen LogP contribution in [0.1, 0.15) is 22.8 Å². The van der Waals surface area contributed by atoms with Crippen LogP contribution >= 0.6 is 11.8 Å². The summed E-state index contributed by atoms with van der Waals surface area (Å²) in [6.45, 7) is 2.65. The minimum atomic E-state index is -0.929. The van der Waals surface area contributed by atoms with Crippen molar-refractivity contribution in [3.05, 3.63) is 66.2 Å². The normalized spacial score (nSPS) is 10.9. The molecule has 2 aromatic carbocycles. The summed E-state index contributed by atoms with van der Waals surface area (Å²) in [6, 6.07) is 13.1. The van der Waals surface area contributed by atoms with Crippen LogP contribution in [-0.2, 0) is 6.42 Å². The molecule has 0 amide bonds. The molecular weight excluding hydrogens is 426 g/mol. The molecule has 2 N–H and O–H groups in total. The van der Waals surface area contributed by atoms with Crippen molar-refractivity contribution in [1.29, 1.82) is 0 Å². The Kier molecular flexibility index (Phi) is 6.61. The van der Waals surface area contributed by atoms with Gasteiger partial charge in [-0.3, -0.25) is 0 Å². The number of aromatic nitrogens is 2. The minimum absolute atomic E-state index is 0.302. The predicted molar refractivity (Wildman–Crippen MR) is 126 cm³/mol. The Morgan fingerprint density at radius 3 is 2.84 bits per heavy atom. The molecule has 0 atom stereocenters. The summed E-state index contributed by atoms with van der Waals surface area (Å²) in [4.78, 5) is 20.9. The van der Waals surface area contributed by atoms with Crippen LogP contribution in [-0.4, -0.2) is 40.5 Å². The maximum Gasteiger partial charge on any atom is 0.336 e. The maximum atomic E-state index is 11.5. The lowest BCUT2D eigenvalue weighted by Crippen LogP contribution is -2.07. The van der Waals surface area contributed by atoms with Gasteiger partial charge >= 0.3 is 5.97 Å². The highest BCUT2D eigenvalue weighted by Crippen LogP contribution is 2.29. The van der Waals surface area contributed by atoms with Gasteiger partial charge in [0.25, 0.3) is 0 Å². The predicted octanol–water partition coefficient (Wildman–Crippen LogP) is 5.36. The van der Waals surface area contributed by atoms with Crippen molar-refractivity contribution >= 4 is 34.5 Å². The van der Waals surface area contributed by atoms with Crippen molar-refractivity contribution in [3.8, 4) is 17.0 Å². The van der Waals surface area contributed by atoms with Crippen molar-refractivity contribution < 1.29 is 19.1 Å². The third-order valence-corrected chi connectivity index (χ3v) is 5.97. The first-order valence-electron chi connectivity index (χ1n) is 10.2. The average Bonchev–Trinajstić information content (AvgIpc) is 3.26. The largest absolute Gasteiger partial charge is 0.496 e. The number of anilines is 1. The SMILES string of the molecule is CCSc1cc(-c2cc(NCCc3cc4ccoc4cc3OC)ncn2)ccc1C(=O)O. The van der Waals surface area contributed by atoms with Crippen molar-refractivity contribution in [2.45, 2.75) is 18.2 Å². The molecule has 0 spiro atoms. The van der Waals surface area contributed by atoms with Crippen LogP contribution in [0.4, 0.5) is 5.82 Å². The van der Waals surface area contributed by atoms with Gasteiger partial charge in [0.1, 0.15) is 23.5 Å². The van der Waals surface area contributed by atoms with Gasteiger partial charge < -0.3 is 19.6 Å². The van der Waals surface area contributed by atoms with E-state index < -0.39 is 5.97 Å². The van der Waals surface area contributed by atoms with Crippen LogP contribution in [0.25, 0.3) is 22.2 Å². The van der Waals surface area contributed by atoms with E-state index in [1.807, 2.05) is 31.2 Å². The number of benzene rings is 2. The van der Waals surface area contributed by atoms with Crippen LogP contribution in [0.3, 0.4) is 0 Å². The summed E-state index contributed by atoms with van der Waals surface area (Å²) in [5, 5.41) is 13.8. The van der Waals surface area contributed by atoms with Gasteiger partial charge in [-0.1, -0.05) is 13.0 Å². The Hall–Kier alpha value is -3.52. The molecule has 7 nitrogen and oxygen atoms in total. The molecule has 164 valence electrons. The van der Waals surface area contributed by atoms with E-state index in [2.05, 4.69) is 21.4 Å². The van der Waals surface area contributed by atoms with Crippen LogP contribution in [0.2, 0.25) is 0 Å². The number of nitrogens with zero attached hydrogens (tertiary/aromatic N) is 2. The quantitative estimate of drug-likeness (QED) is 0.330. The Labute approximate surface area is 189 Å². The zero-order valence-corrected chi connectivity index (χ0v) is 18.6. The zero-order chi connectivity index (χ0) is 22.5. The van der Waals surface area contributed by atoms with Gasteiger partial charge in [-0.05, 0) is 42.0 Å². The third-order valence-electron chi connectivity index (χ3n) is 5.03. The molecular formula is C24H23N3O4S. The number of rotatable bonds is 9. The van der Waals surface area contributed by atoms with E-state index in [4.69, 9.17) is 9.15 Å². The topological polar surface area (TPSA) is 97.5 Å². The highest BCUT2D eigenvalue weighted by atomic mass is 32.2. The monoisotopic (exact) mass is 449 g/mol. The van der Waals surface area contributed by atoms with Gasteiger partial charge in [0.05, 0.1) is 24.6 Å². The molecule has 0 unspecified atom stereocenters. The second-order valence-electron chi connectivity index (χ2n) is 7.04. The molecule has 0 aliphatic rings. The Morgan fingerprint density at radius 1 is 1.19 bits per heavy atom. The molecule has 0 saturated heterocycles. The zero-order valence-electron chi connectivity index (χ0n) is 17.8. The first-order chi connectivity index (χ1) is 15.6. The number of methoxy groups -OCH3 is 1. The standard InChI is InChI=1S/C24H23N3O4S/c1-3-32-22-11-15(4-5-18(22)24(28)29)19-12-23(27-14-26-19)25-8-6-16-10-17-7-9-31-21(17)13-20(16)30-2/h4-5,7,9-14H,3,6,8H2,1-2H3,(H,28,29)(H,25,26,27). The molecule has 0 saturated carbocycles. The number of furan rings is 1. The number of thioether (sulfide) groups is 1. The Balaban J connectivity index is 1.49. The lowest BCUT2D eigenvalue weighted by molar-refractivity contribution is 0.0693. The molecule has 8 heteroatoms. The lowest BCUT2D eigenvalue weighted by Gasteiger charge is -2.11. The van der Waals surface area contributed by atoms with Gasteiger partial charge in [0.2, 0.25) is 0 Å². The summed E-state index contributed by atoms with van der Waals surface area (Å²) in [6.07, 6.45) is 3.92. The van der Waals surface area contributed by atoms with Crippen molar-refractivity contribution in [2.75, 3.05) is 24.7 Å². The van der Waals surface area contributed by atoms with Crippen LogP contribution in [0.15, 0.2) is 64.4 Å². The highest BCUT2D eigenvalue weighted by molar-refractivity contribution is 7.99. The first-order valence-corrected chi connectivity index (χ1v) is 11.2. The van der Waals surface area contributed by atoms with Gasteiger partial charge in [0, 0.05) is 34.5 Å². The van der Waals surface area contributed by atoms with Gasteiger partial charge in [-0.15, -0.1) is 11.8 Å². The Bertz CT molecular complexity index is 1260. The smallest absolute Gasteiger partial charge is 0.336 e. The fraction of sp³-hybridized carbons (Fsp3) is 0.208. The van der Waals surface area contributed by atoms with Gasteiger partial charge in [-0.25, -0.2) is 14.8 Å². The minimum Gasteiger partial charge on any atom is -0.496 e. The van der Waals surface area contributed by atoms with E-state index in [9.17, 15) is 9.90 Å². The van der Waals surface area contributed by atoms with Gasteiger partial charge in [-0.2, -0.15) is 0 Å². The van der Waals surface area contributed by atoms with Crippen LogP contribution in [0.5, 0.6) is 5.75 Å². The second kappa shape index (κ2) is 9.74. The van der Waals surface area contributed by atoms with Crippen LogP contribution < -0.4 is 10.1 Å². The molecule has 0 bridgehead atoms. The molecule has 0 radical (unpaired) electrons. The molecule has 2 heterocycles.